The van der Waals surface area contributed by atoms with Crippen LogP contribution in [0.4, 0.5) is 0 Å². The van der Waals surface area contributed by atoms with E-state index in [1.54, 1.807) is 6.92 Å². The molecule has 1 aromatic rings. The molecule has 0 N–H and O–H groups in total. The van der Waals surface area contributed by atoms with Crippen LogP contribution in [0.15, 0.2) is 29.8 Å². The molecule has 0 unspecified atom stereocenters. The van der Waals surface area contributed by atoms with Gasteiger partial charge in [0, 0.05) is 3.57 Å². The Balaban J connectivity index is 2.92. The van der Waals surface area contributed by atoms with Crippen LogP contribution in [0.25, 0.3) is 6.08 Å². The first-order valence-corrected chi connectivity index (χ1v) is 5.12. The highest BCUT2D eigenvalue weighted by atomic mass is 127. The molecular formula is C11H11IO. The molecule has 0 radical (unpaired) electrons. The highest BCUT2D eigenvalue weighted by molar-refractivity contribution is 14.1. The Bertz CT molecular complexity index is 336. The predicted molar refractivity (Wildman–Crippen MR) is 63.5 cm³/mol. The summed E-state index contributed by atoms with van der Waals surface area (Å²) in [4.78, 5) is 10.9. The van der Waals surface area contributed by atoms with Gasteiger partial charge in [0.1, 0.15) is 0 Å². The lowest BCUT2D eigenvalue weighted by molar-refractivity contribution is -0.113. The first-order valence-electron chi connectivity index (χ1n) is 4.04. The number of benzene rings is 1. The van der Waals surface area contributed by atoms with E-state index in [1.165, 1.54) is 3.57 Å². The zero-order valence-corrected chi connectivity index (χ0v) is 9.83. The fourth-order valence-corrected chi connectivity index (χ4v) is 1.27. The number of carbonyl (C=O) groups is 1. The fourth-order valence-electron chi connectivity index (χ4n) is 0.911. The smallest absolute Gasteiger partial charge is 0.155 e. The van der Waals surface area contributed by atoms with E-state index in [0.717, 1.165) is 11.1 Å². The minimum Gasteiger partial charge on any atom is -0.295 e. The van der Waals surface area contributed by atoms with Crippen molar-refractivity contribution in [2.24, 2.45) is 0 Å². The zero-order valence-electron chi connectivity index (χ0n) is 7.67. The molecule has 2 heteroatoms. The van der Waals surface area contributed by atoms with Crippen molar-refractivity contribution in [1.29, 1.82) is 0 Å². The van der Waals surface area contributed by atoms with Crippen molar-refractivity contribution in [2.75, 3.05) is 0 Å². The Morgan fingerprint density at radius 3 is 2.23 bits per heavy atom. The van der Waals surface area contributed by atoms with Gasteiger partial charge in [0.05, 0.1) is 0 Å². The second kappa shape index (κ2) is 4.56. The van der Waals surface area contributed by atoms with Gasteiger partial charge in [-0.1, -0.05) is 12.1 Å². The van der Waals surface area contributed by atoms with Crippen LogP contribution in [-0.4, -0.2) is 5.78 Å². The van der Waals surface area contributed by atoms with E-state index in [1.807, 2.05) is 37.3 Å². The summed E-state index contributed by atoms with van der Waals surface area (Å²) in [5, 5.41) is 0. The molecule has 1 nitrogen and oxygen atoms in total. The number of carbonyl (C=O) groups excluding carboxylic acids is 1. The van der Waals surface area contributed by atoms with Crippen molar-refractivity contribution in [3.8, 4) is 0 Å². The van der Waals surface area contributed by atoms with Crippen LogP contribution < -0.4 is 0 Å². The number of ketones is 1. The fraction of sp³-hybridized carbons (Fsp3) is 0.182. The van der Waals surface area contributed by atoms with Crippen LogP contribution in [0.5, 0.6) is 0 Å². The Morgan fingerprint density at radius 1 is 1.23 bits per heavy atom. The molecule has 0 bridgehead atoms. The van der Waals surface area contributed by atoms with Crippen molar-refractivity contribution in [1.82, 2.24) is 0 Å². The van der Waals surface area contributed by atoms with E-state index in [-0.39, 0.29) is 5.78 Å². The molecule has 0 atom stereocenters. The number of hydrogen-bond acceptors (Lipinski definition) is 1. The van der Waals surface area contributed by atoms with Crippen LogP contribution in [0.1, 0.15) is 19.4 Å². The third-order valence-corrected chi connectivity index (χ3v) is 2.53. The van der Waals surface area contributed by atoms with Crippen molar-refractivity contribution in [2.45, 2.75) is 13.8 Å². The molecule has 0 aliphatic rings. The summed E-state index contributed by atoms with van der Waals surface area (Å²) in [5.74, 6) is 0.124. The van der Waals surface area contributed by atoms with Gasteiger partial charge in [0.2, 0.25) is 0 Å². The van der Waals surface area contributed by atoms with E-state index < -0.39 is 0 Å². The van der Waals surface area contributed by atoms with Crippen molar-refractivity contribution < 1.29 is 4.79 Å². The largest absolute Gasteiger partial charge is 0.295 e. The molecule has 0 amide bonds. The lowest BCUT2D eigenvalue weighted by atomic mass is 10.1. The third kappa shape index (κ3) is 3.30. The lowest BCUT2D eigenvalue weighted by Crippen LogP contribution is -1.90. The van der Waals surface area contributed by atoms with E-state index in [9.17, 15) is 4.79 Å². The molecule has 0 heterocycles. The Kier molecular flexibility index (Phi) is 3.66. The number of halogens is 1. The van der Waals surface area contributed by atoms with Gasteiger partial charge in [-0.05, 0) is 65.8 Å². The molecule has 0 saturated heterocycles. The molecule has 0 aromatic heterocycles. The normalized spacial score (nSPS) is 11.5. The van der Waals surface area contributed by atoms with Gasteiger partial charge in [-0.3, -0.25) is 4.79 Å². The van der Waals surface area contributed by atoms with Crippen molar-refractivity contribution in [3.05, 3.63) is 39.0 Å². The molecule has 1 rings (SSSR count). The molecular weight excluding hydrogens is 275 g/mol. The van der Waals surface area contributed by atoms with Gasteiger partial charge in [-0.15, -0.1) is 0 Å². The third-order valence-electron chi connectivity index (χ3n) is 1.81. The minimum absolute atomic E-state index is 0.124. The average Bonchev–Trinajstić information content (AvgIpc) is 2.08. The molecule has 0 saturated carbocycles. The van der Waals surface area contributed by atoms with E-state index in [4.69, 9.17) is 0 Å². The Labute approximate surface area is 92.0 Å². The summed E-state index contributed by atoms with van der Waals surface area (Å²) in [6.07, 6.45) is 1.90. The molecule has 1 aromatic carbocycles. The number of rotatable bonds is 2. The van der Waals surface area contributed by atoms with Crippen LogP contribution in [-0.2, 0) is 4.79 Å². The van der Waals surface area contributed by atoms with Gasteiger partial charge >= 0.3 is 0 Å². The maximum atomic E-state index is 10.9. The van der Waals surface area contributed by atoms with Crippen LogP contribution >= 0.6 is 22.6 Å². The maximum absolute atomic E-state index is 10.9. The van der Waals surface area contributed by atoms with Crippen LogP contribution in [0.2, 0.25) is 0 Å². The van der Waals surface area contributed by atoms with E-state index in [2.05, 4.69) is 22.6 Å². The van der Waals surface area contributed by atoms with Crippen molar-refractivity contribution in [3.63, 3.8) is 0 Å². The summed E-state index contributed by atoms with van der Waals surface area (Å²) in [6.45, 7) is 3.42. The van der Waals surface area contributed by atoms with Crippen molar-refractivity contribution >= 4 is 34.5 Å². The second-order valence-corrected chi connectivity index (χ2v) is 4.18. The predicted octanol–water partition coefficient (Wildman–Crippen LogP) is 3.28. The zero-order chi connectivity index (χ0) is 9.84. The summed E-state index contributed by atoms with van der Waals surface area (Å²) in [5.41, 5.74) is 1.87. The van der Waals surface area contributed by atoms with Crippen LogP contribution in [0, 0.1) is 3.57 Å². The summed E-state index contributed by atoms with van der Waals surface area (Å²) in [7, 11) is 0. The molecule has 68 valence electrons. The SMILES string of the molecule is CC(=O)/C(C)=C/c1ccc(I)cc1. The van der Waals surface area contributed by atoms with Gasteiger partial charge in [-0.25, -0.2) is 0 Å². The molecule has 0 fully saturated rings. The number of Topliss-reactive ketones (excluding diaryl/α,β-unsaturated/α-hetero) is 1. The minimum atomic E-state index is 0.124. The summed E-state index contributed by atoms with van der Waals surface area (Å²) in [6, 6.07) is 8.07. The highest BCUT2D eigenvalue weighted by Gasteiger charge is 1.95. The number of hydrogen-bond donors (Lipinski definition) is 0. The highest BCUT2D eigenvalue weighted by Crippen LogP contribution is 2.10. The maximum Gasteiger partial charge on any atom is 0.155 e. The van der Waals surface area contributed by atoms with Gasteiger partial charge in [0.25, 0.3) is 0 Å². The molecule has 0 aliphatic heterocycles. The van der Waals surface area contributed by atoms with Crippen LogP contribution in [0.3, 0.4) is 0 Å². The lowest BCUT2D eigenvalue weighted by Gasteiger charge is -1.96. The van der Waals surface area contributed by atoms with Gasteiger partial charge < -0.3 is 0 Å². The first kappa shape index (κ1) is 10.4. The average molecular weight is 286 g/mol. The first-order chi connectivity index (χ1) is 6.09. The van der Waals surface area contributed by atoms with E-state index in [0.29, 0.717) is 0 Å². The quantitative estimate of drug-likeness (QED) is 0.602. The monoisotopic (exact) mass is 286 g/mol. The molecule has 13 heavy (non-hydrogen) atoms. The Hall–Kier alpha value is -0.640. The molecule has 0 aliphatic carbocycles. The second-order valence-electron chi connectivity index (χ2n) is 2.94. The topological polar surface area (TPSA) is 17.1 Å². The van der Waals surface area contributed by atoms with Gasteiger partial charge in [0.15, 0.2) is 5.78 Å². The van der Waals surface area contributed by atoms with E-state index >= 15 is 0 Å². The standard InChI is InChI=1S/C11H11IO/c1-8(9(2)13)7-10-3-5-11(12)6-4-10/h3-7H,1-2H3/b8-7+. The molecule has 0 spiro atoms. The summed E-state index contributed by atoms with van der Waals surface area (Å²) >= 11 is 2.26. The number of allylic oxidation sites excluding steroid dienone is 1. The summed E-state index contributed by atoms with van der Waals surface area (Å²) < 4.78 is 1.20. The Morgan fingerprint density at radius 2 is 1.77 bits per heavy atom. The van der Waals surface area contributed by atoms with Gasteiger partial charge in [-0.2, -0.15) is 0 Å².